The normalized spacial score (nSPS) is 17.1. The van der Waals surface area contributed by atoms with Crippen molar-refractivity contribution in [3.8, 4) is 17.2 Å². The second kappa shape index (κ2) is 9.55. The minimum absolute atomic E-state index is 0.0226. The van der Waals surface area contributed by atoms with E-state index < -0.39 is 4.92 Å². The van der Waals surface area contributed by atoms with Crippen molar-refractivity contribution >= 4 is 28.7 Å². The molecule has 1 saturated heterocycles. The van der Waals surface area contributed by atoms with E-state index in [1.807, 2.05) is 53.6 Å². The maximum absolute atomic E-state index is 11.5. The number of aryl methyl sites for hydroxylation is 1. The molecular formula is C27H25N5O4S. The van der Waals surface area contributed by atoms with Crippen LogP contribution in [0, 0.1) is 24.0 Å². The lowest BCUT2D eigenvalue weighted by Gasteiger charge is -2.28. The maximum atomic E-state index is 11.5. The first-order valence-corrected chi connectivity index (χ1v) is 12.0. The predicted octanol–water partition coefficient (Wildman–Crippen LogP) is 5.29. The number of hydrogen-bond donors (Lipinski definition) is 2. The maximum Gasteiger partial charge on any atom is 0.271 e. The molecular weight excluding hydrogens is 490 g/mol. The molecule has 0 spiro atoms. The lowest BCUT2D eigenvalue weighted by molar-refractivity contribution is -0.384. The van der Waals surface area contributed by atoms with Crippen molar-refractivity contribution in [2.24, 2.45) is 0 Å². The zero-order valence-corrected chi connectivity index (χ0v) is 21.3. The Morgan fingerprint density at radius 2 is 1.86 bits per heavy atom. The highest BCUT2D eigenvalue weighted by atomic mass is 32.1. The number of methoxy groups -OCH3 is 1. The lowest BCUT2D eigenvalue weighted by Crippen LogP contribution is -2.29. The fourth-order valence-electron chi connectivity index (χ4n) is 4.99. The van der Waals surface area contributed by atoms with Gasteiger partial charge in [0.25, 0.3) is 5.69 Å². The number of phenolic OH excluding ortho intramolecular Hbond substituents is 1. The molecule has 188 valence electrons. The summed E-state index contributed by atoms with van der Waals surface area (Å²) in [6.45, 7) is 3.93. The third-order valence-corrected chi connectivity index (χ3v) is 6.94. The first-order valence-electron chi connectivity index (χ1n) is 11.6. The summed E-state index contributed by atoms with van der Waals surface area (Å²) < 4.78 is 7.53. The van der Waals surface area contributed by atoms with E-state index >= 15 is 0 Å². The second-order valence-electron chi connectivity index (χ2n) is 8.79. The van der Waals surface area contributed by atoms with Crippen LogP contribution < -0.4 is 15.0 Å². The quantitative estimate of drug-likeness (QED) is 0.203. The van der Waals surface area contributed by atoms with Gasteiger partial charge in [-0.2, -0.15) is 0 Å². The van der Waals surface area contributed by atoms with E-state index in [0.717, 1.165) is 28.3 Å². The molecule has 1 aliphatic rings. The highest BCUT2D eigenvalue weighted by Crippen LogP contribution is 2.44. The van der Waals surface area contributed by atoms with Crippen LogP contribution in [-0.2, 0) is 0 Å². The molecule has 0 unspecified atom stereocenters. The van der Waals surface area contributed by atoms with E-state index in [4.69, 9.17) is 17.0 Å². The average molecular weight is 516 g/mol. The Kier molecular flexibility index (Phi) is 6.26. The van der Waals surface area contributed by atoms with Crippen molar-refractivity contribution in [2.75, 3.05) is 12.0 Å². The van der Waals surface area contributed by atoms with E-state index in [1.54, 1.807) is 31.5 Å². The molecule has 2 N–H and O–H groups in total. The molecule has 10 heteroatoms. The van der Waals surface area contributed by atoms with Gasteiger partial charge in [0.1, 0.15) is 11.5 Å². The van der Waals surface area contributed by atoms with Gasteiger partial charge < -0.3 is 24.6 Å². The first kappa shape index (κ1) is 24.3. The van der Waals surface area contributed by atoms with E-state index in [0.29, 0.717) is 16.5 Å². The number of aromatic nitrogens is 2. The molecule has 1 fully saturated rings. The van der Waals surface area contributed by atoms with Gasteiger partial charge in [0.15, 0.2) is 5.11 Å². The van der Waals surface area contributed by atoms with Gasteiger partial charge in [-0.25, -0.2) is 0 Å². The van der Waals surface area contributed by atoms with Crippen LogP contribution in [0.1, 0.15) is 34.7 Å². The summed E-state index contributed by atoms with van der Waals surface area (Å²) in [6, 6.07) is 18.7. The van der Waals surface area contributed by atoms with E-state index in [2.05, 4.69) is 16.4 Å². The molecule has 5 rings (SSSR count). The summed E-state index contributed by atoms with van der Waals surface area (Å²) in [6.07, 6.45) is 1.75. The van der Waals surface area contributed by atoms with Crippen molar-refractivity contribution in [3.05, 3.63) is 106 Å². The molecule has 4 aromatic rings. The number of thiocarbonyl (C=S) groups is 1. The predicted molar refractivity (Wildman–Crippen MR) is 144 cm³/mol. The fourth-order valence-corrected chi connectivity index (χ4v) is 5.33. The van der Waals surface area contributed by atoms with Crippen LogP contribution in [0.25, 0.3) is 5.69 Å². The van der Waals surface area contributed by atoms with Crippen molar-refractivity contribution in [2.45, 2.75) is 25.9 Å². The van der Waals surface area contributed by atoms with Crippen LogP contribution in [0.4, 0.5) is 11.4 Å². The smallest absolute Gasteiger partial charge is 0.271 e. The number of nitro groups is 1. The van der Waals surface area contributed by atoms with Gasteiger partial charge in [-0.1, -0.05) is 6.07 Å². The van der Waals surface area contributed by atoms with Gasteiger partial charge in [-0.05, 0) is 80.2 Å². The van der Waals surface area contributed by atoms with Gasteiger partial charge in [-0.15, -0.1) is 0 Å². The van der Waals surface area contributed by atoms with Gasteiger partial charge >= 0.3 is 0 Å². The molecule has 1 aliphatic heterocycles. The van der Waals surface area contributed by atoms with Crippen molar-refractivity contribution < 1.29 is 14.8 Å². The molecule has 0 saturated carbocycles. The van der Waals surface area contributed by atoms with Gasteiger partial charge in [0.05, 0.1) is 35.5 Å². The van der Waals surface area contributed by atoms with Crippen LogP contribution >= 0.6 is 12.2 Å². The Balaban J connectivity index is 1.70. The van der Waals surface area contributed by atoms with Crippen LogP contribution in [0.5, 0.6) is 11.5 Å². The molecule has 2 aromatic carbocycles. The second-order valence-corrected chi connectivity index (χ2v) is 9.17. The molecule has 0 amide bonds. The van der Waals surface area contributed by atoms with Gasteiger partial charge in [0.2, 0.25) is 0 Å². The number of non-ortho nitro benzene ring substituents is 1. The Bertz CT molecular complexity index is 1490. The number of hydrogen-bond acceptors (Lipinski definition) is 6. The largest absolute Gasteiger partial charge is 0.508 e. The third kappa shape index (κ3) is 4.25. The fraction of sp³-hybridized carbons (Fsp3) is 0.185. The van der Waals surface area contributed by atoms with E-state index in [-0.39, 0.29) is 23.5 Å². The van der Waals surface area contributed by atoms with Crippen molar-refractivity contribution in [1.82, 2.24) is 14.9 Å². The monoisotopic (exact) mass is 515 g/mol. The third-order valence-electron chi connectivity index (χ3n) is 6.63. The standard InChI is InChI=1S/C27H25N5O4S/c1-16-14-21(17(2)30(16)23-15-19(32(34)35)9-12-24(23)36-3)26-25(22-6-4-5-13-28-22)29-27(37)31(26)18-7-10-20(33)11-8-18/h4-15,25-26,33H,1-3H3,(H,29,37)/t25-,26+/m0/s1. The Labute approximate surface area is 219 Å². The molecule has 3 heterocycles. The lowest BCUT2D eigenvalue weighted by atomic mass is 9.96. The van der Waals surface area contributed by atoms with Crippen LogP contribution in [0.2, 0.25) is 0 Å². The number of anilines is 1. The van der Waals surface area contributed by atoms with E-state index in [1.165, 1.54) is 12.1 Å². The number of benzene rings is 2. The topological polar surface area (TPSA) is 106 Å². The number of nitrogens with one attached hydrogen (secondary N) is 1. The molecule has 0 radical (unpaired) electrons. The van der Waals surface area contributed by atoms with Crippen LogP contribution in [0.15, 0.2) is 72.9 Å². The Morgan fingerprint density at radius 1 is 1.11 bits per heavy atom. The van der Waals surface area contributed by atoms with Crippen LogP contribution in [-0.4, -0.2) is 31.8 Å². The van der Waals surface area contributed by atoms with Crippen LogP contribution in [0.3, 0.4) is 0 Å². The summed E-state index contributed by atoms with van der Waals surface area (Å²) in [5.74, 6) is 0.686. The molecule has 0 aliphatic carbocycles. The summed E-state index contributed by atoms with van der Waals surface area (Å²) in [4.78, 5) is 17.7. The SMILES string of the molecule is COc1ccc([N+](=O)[O-])cc1-n1c(C)cc([C@@H]2[C@H](c3ccccn3)NC(=S)N2c2ccc(O)cc2)c1C. The molecule has 37 heavy (non-hydrogen) atoms. The molecule has 2 atom stereocenters. The number of rotatable bonds is 6. The Hall–Kier alpha value is -4.44. The highest BCUT2D eigenvalue weighted by molar-refractivity contribution is 7.80. The molecule has 2 aromatic heterocycles. The van der Waals surface area contributed by atoms with Gasteiger partial charge in [-0.3, -0.25) is 15.1 Å². The number of phenols is 1. The minimum atomic E-state index is -0.416. The highest BCUT2D eigenvalue weighted by Gasteiger charge is 2.42. The van der Waals surface area contributed by atoms with Gasteiger partial charge in [0, 0.05) is 35.4 Å². The molecule has 0 bridgehead atoms. The average Bonchev–Trinajstić information content (AvgIpc) is 3.39. The van der Waals surface area contributed by atoms with Crippen molar-refractivity contribution in [1.29, 1.82) is 0 Å². The molecule has 9 nitrogen and oxygen atoms in total. The Morgan fingerprint density at radius 3 is 2.51 bits per heavy atom. The van der Waals surface area contributed by atoms with Crippen molar-refractivity contribution in [3.63, 3.8) is 0 Å². The number of pyridine rings is 1. The number of nitro benzene ring substituents is 1. The number of nitrogens with zero attached hydrogens (tertiary/aromatic N) is 4. The first-order chi connectivity index (χ1) is 17.8. The summed E-state index contributed by atoms with van der Waals surface area (Å²) in [5, 5.41) is 25.4. The minimum Gasteiger partial charge on any atom is -0.508 e. The summed E-state index contributed by atoms with van der Waals surface area (Å²) in [7, 11) is 1.54. The summed E-state index contributed by atoms with van der Waals surface area (Å²) >= 11 is 5.79. The summed E-state index contributed by atoms with van der Waals surface area (Å²) in [5.41, 5.74) is 4.95. The van der Waals surface area contributed by atoms with E-state index in [9.17, 15) is 15.2 Å². The number of aromatic hydroxyl groups is 1. The zero-order valence-electron chi connectivity index (χ0n) is 20.5. The number of ether oxygens (including phenoxy) is 1. The zero-order chi connectivity index (χ0) is 26.3.